The number of benzene rings is 1. The molecule has 0 atom stereocenters. The number of rotatable bonds is 5. The van der Waals surface area contributed by atoms with Crippen molar-refractivity contribution in [2.75, 3.05) is 0 Å². The lowest BCUT2D eigenvalue weighted by Crippen LogP contribution is -2.47. The van der Waals surface area contributed by atoms with E-state index < -0.39 is 0 Å². The molecule has 1 aromatic carbocycles. The second kappa shape index (κ2) is 6.43. The van der Waals surface area contributed by atoms with Crippen molar-refractivity contribution in [1.82, 2.24) is 15.6 Å². The lowest BCUT2D eigenvalue weighted by molar-refractivity contribution is 0.228. The number of urea groups is 1. The van der Waals surface area contributed by atoms with Crippen LogP contribution in [0.2, 0.25) is 0 Å². The predicted octanol–water partition coefficient (Wildman–Crippen LogP) is 3.33. The zero-order valence-corrected chi connectivity index (χ0v) is 12.6. The molecule has 2 aromatic rings. The van der Waals surface area contributed by atoms with Crippen molar-refractivity contribution in [1.29, 1.82) is 0 Å². The quantitative estimate of drug-likeness (QED) is 0.886. The zero-order valence-electron chi connectivity index (χ0n) is 12.6. The molecule has 5 nitrogen and oxygen atoms in total. The Morgan fingerprint density at radius 2 is 2.00 bits per heavy atom. The predicted molar refractivity (Wildman–Crippen MR) is 81.7 cm³/mol. The fourth-order valence-electron chi connectivity index (χ4n) is 1.71. The topological polar surface area (TPSA) is 67.2 Å². The van der Waals surface area contributed by atoms with Gasteiger partial charge in [0, 0.05) is 11.1 Å². The molecule has 1 heterocycles. The molecular weight excluding hydrogens is 266 g/mol. The first-order chi connectivity index (χ1) is 10.00. The molecule has 2 rings (SSSR count). The van der Waals surface area contributed by atoms with Crippen LogP contribution in [0.5, 0.6) is 0 Å². The normalized spacial score (nSPS) is 11.2. The van der Waals surface area contributed by atoms with Gasteiger partial charge in [0.15, 0.2) is 0 Å². The van der Waals surface area contributed by atoms with E-state index in [-0.39, 0.29) is 11.6 Å². The van der Waals surface area contributed by atoms with Crippen molar-refractivity contribution in [3.05, 3.63) is 42.3 Å². The number of hydrogen-bond acceptors (Lipinski definition) is 3. The molecule has 2 amide bonds. The maximum atomic E-state index is 11.8. The van der Waals surface area contributed by atoms with E-state index in [0.717, 1.165) is 12.0 Å². The molecule has 0 bridgehead atoms. The Balaban J connectivity index is 1.90. The molecule has 0 aliphatic rings. The Morgan fingerprint density at radius 1 is 1.29 bits per heavy atom. The van der Waals surface area contributed by atoms with Gasteiger partial charge in [-0.3, -0.25) is 0 Å². The second-order valence-corrected chi connectivity index (χ2v) is 5.56. The van der Waals surface area contributed by atoms with Crippen molar-refractivity contribution < 1.29 is 9.21 Å². The number of nitrogens with zero attached hydrogens (tertiary/aromatic N) is 1. The van der Waals surface area contributed by atoms with Crippen LogP contribution in [0.15, 0.2) is 41.0 Å². The number of carbonyl (C=O) groups excluding carboxylic acids is 1. The Labute approximate surface area is 124 Å². The zero-order chi connectivity index (χ0) is 15.3. The van der Waals surface area contributed by atoms with E-state index in [1.165, 1.54) is 0 Å². The first-order valence-corrected chi connectivity index (χ1v) is 7.06. The van der Waals surface area contributed by atoms with Crippen LogP contribution >= 0.6 is 0 Å². The van der Waals surface area contributed by atoms with Crippen LogP contribution in [0.4, 0.5) is 4.79 Å². The molecule has 0 aliphatic carbocycles. The molecule has 0 unspecified atom stereocenters. The van der Waals surface area contributed by atoms with Crippen molar-refractivity contribution >= 4 is 6.03 Å². The van der Waals surface area contributed by atoms with Crippen LogP contribution < -0.4 is 10.6 Å². The number of aromatic nitrogens is 1. The van der Waals surface area contributed by atoms with Crippen molar-refractivity contribution in [3.63, 3.8) is 0 Å². The van der Waals surface area contributed by atoms with E-state index in [0.29, 0.717) is 18.1 Å². The maximum Gasteiger partial charge on any atom is 0.315 e. The summed E-state index contributed by atoms with van der Waals surface area (Å²) in [4.78, 5) is 16.1. The molecule has 0 aliphatic heterocycles. The van der Waals surface area contributed by atoms with E-state index in [1.54, 1.807) is 6.26 Å². The van der Waals surface area contributed by atoms with Crippen molar-refractivity contribution in [3.8, 4) is 11.5 Å². The third-order valence-corrected chi connectivity index (χ3v) is 3.34. The number of carbonyl (C=O) groups is 1. The highest BCUT2D eigenvalue weighted by Crippen LogP contribution is 2.17. The molecule has 0 spiro atoms. The van der Waals surface area contributed by atoms with E-state index in [9.17, 15) is 4.79 Å². The highest BCUT2D eigenvalue weighted by atomic mass is 16.3. The van der Waals surface area contributed by atoms with Crippen LogP contribution in [0, 0.1) is 0 Å². The highest BCUT2D eigenvalue weighted by molar-refractivity contribution is 5.74. The first kappa shape index (κ1) is 15.1. The first-order valence-electron chi connectivity index (χ1n) is 7.06. The Hall–Kier alpha value is -2.30. The SMILES string of the molecule is CCC(C)(C)NC(=O)NCc1coc(-c2ccccc2)n1. The van der Waals surface area contributed by atoms with Crippen molar-refractivity contribution in [2.45, 2.75) is 39.3 Å². The van der Waals surface area contributed by atoms with Gasteiger partial charge in [-0.25, -0.2) is 9.78 Å². The van der Waals surface area contributed by atoms with Crippen LogP contribution in [0.25, 0.3) is 11.5 Å². The third-order valence-electron chi connectivity index (χ3n) is 3.34. The average molecular weight is 287 g/mol. The lowest BCUT2D eigenvalue weighted by Gasteiger charge is -2.24. The largest absolute Gasteiger partial charge is 0.444 e. The summed E-state index contributed by atoms with van der Waals surface area (Å²) in [5.74, 6) is 0.557. The van der Waals surface area contributed by atoms with E-state index in [4.69, 9.17) is 4.42 Å². The molecular formula is C16H21N3O2. The molecule has 0 saturated carbocycles. The fourth-order valence-corrected chi connectivity index (χ4v) is 1.71. The standard InChI is InChI=1S/C16H21N3O2/c1-4-16(2,3)19-15(20)17-10-13-11-21-14(18-13)12-8-6-5-7-9-12/h5-9,11H,4,10H2,1-3H3,(H2,17,19,20). The molecule has 0 radical (unpaired) electrons. The minimum atomic E-state index is -0.219. The molecule has 1 aromatic heterocycles. The molecule has 21 heavy (non-hydrogen) atoms. The summed E-state index contributed by atoms with van der Waals surface area (Å²) in [5, 5.41) is 5.69. The minimum Gasteiger partial charge on any atom is -0.444 e. The monoisotopic (exact) mass is 287 g/mol. The summed E-state index contributed by atoms with van der Waals surface area (Å²) in [6, 6.07) is 9.45. The van der Waals surface area contributed by atoms with E-state index in [1.807, 2.05) is 51.1 Å². The molecule has 0 fully saturated rings. The van der Waals surface area contributed by atoms with Crippen LogP contribution in [0.3, 0.4) is 0 Å². The van der Waals surface area contributed by atoms with Gasteiger partial charge in [0.05, 0.1) is 12.2 Å². The Morgan fingerprint density at radius 3 is 2.67 bits per heavy atom. The summed E-state index contributed by atoms with van der Waals surface area (Å²) in [6.45, 7) is 6.33. The second-order valence-electron chi connectivity index (χ2n) is 5.56. The Bertz CT molecular complexity index is 591. The summed E-state index contributed by atoms with van der Waals surface area (Å²) in [6.07, 6.45) is 2.43. The van der Waals surface area contributed by atoms with E-state index >= 15 is 0 Å². The summed E-state index contributed by atoms with van der Waals surface area (Å²) in [5.41, 5.74) is 1.39. The van der Waals surface area contributed by atoms with Gasteiger partial charge < -0.3 is 15.1 Å². The highest BCUT2D eigenvalue weighted by Gasteiger charge is 2.17. The van der Waals surface area contributed by atoms with Crippen LogP contribution in [-0.2, 0) is 6.54 Å². The average Bonchev–Trinajstić information content (AvgIpc) is 2.95. The smallest absolute Gasteiger partial charge is 0.315 e. The summed E-state index contributed by atoms with van der Waals surface area (Å²) < 4.78 is 5.42. The van der Waals surface area contributed by atoms with Gasteiger partial charge in [-0.1, -0.05) is 25.1 Å². The van der Waals surface area contributed by atoms with Gasteiger partial charge in [-0.15, -0.1) is 0 Å². The van der Waals surface area contributed by atoms with Gasteiger partial charge in [-0.2, -0.15) is 0 Å². The van der Waals surface area contributed by atoms with Gasteiger partial charge in [0.25, 0.3) is 0 Å². The Kier molecular flexibility index (Phi) is 4.62. The van der Waals surface area contributed by atoms with Gasteiger partial charge in [0.1, 0.15) is 6.26 Å². The summed E-state index contributed by atoms with van der Waals surface area (Å²) >= 11 is 0. The van der Waals surface area contributed by atoms with Crippen LogP contribution in [0.1, 0.15) is 32.9 Å². The van der Waals surface area contributed by atoms with Gasteiger partial charge in [-0.05, 0) is 32.4 Å². The van der Waals surface area contributed by atoms with Crippen LogP contribution in [-0.4, -0.2) is 16.6 Å². The third kappa shape index (κ3) is 4.34. The minimum absolute atomic E-state index is 0.203. The number of oxazole rings is 1. The van der Waals surface area contributed by atoms with Gasteiger partial charge >= 0.3 is 6.03 Å². The molecule has 0 saturated heterocycles. The molecule has 112 valence electrons. The molecule has 5 heteroatoms. The van der Waals surface area contributed by atoms with E-state index in [2.05, 4.69) is 15.6 Å². The lowest BCUT2D eigenvalue weighted by atomic mass is 10.0. The maximum absolute atomic E-state index is 11.8. The number of amides is 2. The number of nitrogens with one attached hydrogen (secondary N) is 2. The number of hydrogen-bond donors (Lipinski definition) is 2. The van der Waals surface area contributed by atoms with Crippen molar-refractivity contribution in [2.24, 2.45) is 0 Å². The van der Waals surface area contributed by atoms with Gasteiger partial charge in [0.2, 0.25) is 5.89 Å². The molecule has 2 N–H and O–H groups in total. The fraction of sp³-hybridized carbons (Fsp3) is 0.375. The summed E-state index contributed by atoms with van der Waals surface area (Å²) in [7, 11) is 0.